The Kier molecular flexibility index (Phi) is 4.01. The number of methoxy groups -OCH3 is 1. The van der Waals surface area contributed by atoms with Crippen molar-refractivity contribution >= 4 is 5.97 Å². The highest BCUT2D eigenvalue weighted by Crippen LogP contribution is 2.27. The van der Waals surface area contributed by atoms with Crippen LogP contribution in [0, 0.1) is 0 Å². The smallest absolute Gasteiger partial charge is 0.337 e. The van der Waals surface area contributed by atoms with E-state index < -0.39 is 0 Å². The molecule has 2 aromatic rings. The fourth-order valence-corrected chi connectivity index (χ4v) is 2.70. The summed E-state index contributed by atoms with van der Waals surface area (Å²) in [6.45, 7) is 1.56. The van der Waals surface area contributed by atoms with Gasteiger partial charge in [0.25, 0.3) is 0 Å². The quantitative estimate of drug-likeness (QED) is 0.814. The molecule has 0 spiro atoms. The van der Waals surface area contributed by atoms with Crippen LogP contribution >= 0.6 is 0 Å². The second-order valence-electron chi connectivity index (χ2n) is 5.07. The Morgan fingerprint density at radius 2 is 2.19 bits per heavy atom. The predicted molar refractivity (Wildman–Crippen MR) is 78.1 cm³/mol. The SMILES string of the molecule is COC(=O)c1cccc(-c2nccn2C2CCOCC2)c1. The van der Waals surface area contributed by atoms with E-state index in [-0.39, 0.29) is 5.97 Å². The molecule has 0 amide bonds. The summed E-state index contributed by atoms with van der Waals surface area (Å²) in [6.07, 6.45) is 5.77. The van der Waals surface area contributed by atoms with Crippen LogP contribution in [0.3, 0.4) is 0 Å². The van der Waals surface area contributed by atoms with Gasteiger partial charge in [-0.05, 0) is 25.0 Å². The zero-order valence-electron chi connectivity index (χ0n) is 12.0. The third-order valence-corrected chi connectivity index (χ3v) is 3.79. The van der Waals surface area contributed by atoms with Gasteiger partial charge in [-0.15, -0.1) is 0 Å². The number of hydrogen-bond acceptors (Lipinski definition) is 4. The lowest BCUT2D eigenvalue weighted by atomic mass is 10.1. The van der Waals surface area contributed by atoms with Crippen LogP contribution in [0.5, 0.6) is 0 Å². The van der Waals surface area contributed by atoms with Crippen molar-refractivity contribution in [3.8, 4) is 11.4 Å². The molecule has 0 bridgehead atoms. The molecule has 110 valence electrons. The zero-order chi connectivity index (χ0) is 14.7. The van der Waals surface area contributed by atoms with Crippen molar-refractivity contribution in [3.05, 3.63) is 42.2 Å². The van der Waals surface area contributed by atoms with E-state index in [1.54, 1.807) is 12.3 Å². The van der Waals surface area contributed by atoms with E-state index in [1.807, 2.05) is 24.4 Å². The van der Waals surface area contributed by atoms with Gasteiger partial charge in [0, 0.05) is 37.2 Å². The molecule has 0 aliphatic carbocycles. The van der Waals surface area contributed by atoms with Crippen molar-refractivity contribution < 1.29 is 14.3 Å². The normalized spacial score (nSPS) is 15.9. The molecule has 21 heavy (non-hydrogen) atoms. The van der Waals surface area contributed by atoms with Crippen LogP contribution in [-0.2, 0) is 9.47 Å². The summed E-state index contributed by atoms with van der Waals surface area (Å²) in [4.78, 5) is 16.1. The van der Waals surface area contributed by atoms with Crippen LogP contribution in [0.25, 0.3) is 11.4 Å². The molecule has 0 radical (unpaired) electrons. The van der Waals surface area contributed by atoms with Gasteiger partial charge in [-0.1, -0.05) is 12.1 Å². The van der Waals surface area contributed by atoms with Crippen LogP contribution in [0.2, 0.25) is 0 Å². The number of benzene rings is 1. The number of nitrogens with zero attached hydrogens (tertiary/aromatic N) is 2. The Morgan fingerprint density at radius 3 is 2.95 bits per heavy atom. The minimum atomic E-state index is -0.332. The second kappa shape index (κ2) is 6.10. The maximum atomic E-state index is 11.7. The molecule has 1 saturated heterocycles. The third kappa shape index (κ3) is 2.83. The Labute approximate surface area is 123 Å². The average molecular weight is 286 g/mol. The van der Waals surface area contributed by atoms with E-state index in [1.165, 1.54) is 7.11 Å². The van der Waals surface area contributed by atoms with Crippen molar-refractivity contribution in [1.82, 2.24) is 9.55 Å². The van der Waals surface area contributed by atoms with E-state index in [0.29, 0.717) is 11.6 Å². The number of ether oxygens (including phenoxy) is 2. The van der Waals surface area contributed by atoms with E-state index in [2.05, 4.69) is 9.55 Å². The van der Waals surface area contributed by atoms with E-state index >= 15 is 0 Å². The van der Waals surface area contributed by atoms with Gasteiger partial charge >= 0.3 is 5.97 Å². The lowest BCUT2D eigenvalue weighted by Crippen LogP contribution is -2.19. The average Bonchev–Trinajstić information content (AvgIpc) is 3.04. The van der Waals surface area contributed by atoms with Crippen molar-refractivity contribution in [2.45, 2.75) is 18.9 Å². The Balaban J connectivity index is 1.94. The van der Waals surface area contributed by atoms with E-state index in [0.717, 1.165) is 37.4 Å². The minimum Gasteiger partial charge on any atom is -0.465 e. The first-order chi connectivity index (χ1) is 10.3. The van der Waals surface area contributed by atoms with Crippen LogP contribution in [0.1, 0.15) is 29.2 Å². The summed E-state index contributed by atoms with van der Waals surface area (Å²) in [6, 6.07) is 7.79. The first-order valence-electron chi connectivity index (χ1n) is 7.09. The monoisotopic (exact) mass is 286 g/mol. The van der Waals surface area contributed by atoms with Gasteiger partial charge < -0.3 is 14.0 Å². The standard InChI is InChI=1S/C16H18N2O3/c1-20-16(19)13-4-2-3-12(11-13)15-17-7-8-18(15)14-5-9-21-10-6-14/h2-4,7-8,11,14H,5-6,9-10H2,1H3. The zero-order valence-corrected chi connectivity index (χ0v) is 12.0. The van der Waals surface area contributed by atoms with Crippen molar-refractivity contribution in [2.24, 2.45) is 0 Å². The van der Waals surface area contributed by atoms with Crippen LogP contribution < -0.4 is 0 Å². The van der Waals surface area contributed by atoms with E-state index in [4.69, 9.17) is 9.47 Å². The van der Waals surface area contributed by atoms with Crippen LogP contribution in [0.4, 0.5) is 0 Å². The largest absolute Gasteiger partial charge is 0.465 e. The highest BCUT2D eigenvalue weighted by Gasteiger charge is 2.19. The first kappa shape index (κ1) is 13.8. The van der Waals surface area contributed by atoms with Gasteiger partial charge in [0.2, 0.25) is 0 Å². The number of rotatable bonds is 3. The lowest BCUT2D eigenvalue weighted by molar-refractivity contribution is 0.0601. The minimum absolute atomic E-state index is 0.332. The van der Waals surface area contributed by atoms with Crippen molar-refractivity contribution in [2.75, 3.05) is 20.3 Å². The predicted octanol–water partition coefficient (Wildman–Crippen LogP) is 2.69. The molecule has 0 N–H and O–H groups in total. The molecular weight excluding hydrogens is 268 g/mol. The Morgan fingerprint density at radius 1 is 1.38 bits per heavy atom. The van der Waals surface area contributed by atoms with Crippen LogP contribution in [0.15, 0.2) is 36.7 Å². The molecule has 5 nitrogen and oxygen atoms in total. The van der Waals surface area contributed by atoms with Crippen molar-refractivity contribution in [3.63, 3.8) is 0 Å². The van der Waals surface area contributed by atoms with Gasteiger partial charge in [-0.25, -0.2) is 9.78 Å². The molecule has 0 atom stereocenters. The van der Waals surface area contributed by atoms with Gasteiger partial charge in [0.1, 0.15) is 5.82 Å². The Hall–Kier alpha value is -2.14. The molecule has 1 aromatic heterocycles. The highest BCUT2D eigenvalue weighted by molar-refractivity contribution is 5.90. The topological polar surface area (TPSA) is 53.3 Å². The van der Waals surface area contributed by atoms with Crippen LogP contribution in [-0.4, -0.2) is 35.8 Å². The molecule has 1 aromatic carbocycles. The number of carbonyl (C=O) groups excluding carboxylic acids is 1. The van der Waals surface area contributed by atoms with Gasteiger partial charge in [-0.2, -0.15) is 0 Å². The molecule has 1 fully saturated rings. The molecule has 3 rings (SSSR count). The molecule has 5 heteroatoms. The number of carbonyl (C=O) groups is 1. The fourth-order valence-electron chi connectivity index (χ4n) is 2.70. The molecule has 2 heterocycles. The maximum Gasteiger partial charge on any atom is 0.337 e. The second-order valence-corrected chi connectivity index (χ2v) is 5.07. The summed E-state index contributed by atoms with van der Waals surface area (Å²) in [5.74, 6) is 0.550. The summed E-state index contributed by atoms with van der Waals surface area (Å²) in [7, 11) is 1.39. The summed E-state index contributed by atoms with van der Waals surface area (Å²) in [5.41, 5.74) is 1.46. The first-order valence-corrected chi connectivity index (χ1v) is 7.09. The van der Waals surface area contributed by atoms with E-state index in [9.17, 15) is 4.79 Å². The number of imidazole rings is 1. The molecule has 0 unspecified atom stereocenters. The highest BCUT2D eigenvalue weighted by atomic mass is 16.5. The van der Waals surface area contributed by atoms with Crippen molar-refractivity contribution in [1.29, 1.82) is 0 Å². The van der Waals surface area contributed by atoms with Gasteiger partial charge in [-0.3, -0.25) is 0 Å². The number of esters is 1. The summed E-state index contributed by atoms with van der Waals surface area (Å²) in [5, 5.41) is 0. The van der Waals surface area contributed by atoms with Gasteiger partial charge in [0.05, 0.1) is 12.7 Å². The summed E-state index contributed by atoms with van der Waals surface area (Å²) < 4.78 is 12.4. The molecular formula is C16H18N2O3. The number of hydrogen-bond donors (Lipinski definition) is 0. The fraction of sp³-hybridized carbons (Fsp3) is 0.375. The molecule has 1 aliphatic rings. The summed E-state index contributed by atoms with van der Waals surface area (Å²) >= 11 is 0. The Bertz CT molecular complexity index is 630. The third-order valence-electron chi connectivity index (χ3n) is 3.79. The molecule has 1 aliphatic heterocycles. The van der Waals surface area contributed by atoms with Gasteiger partial charge in [0.15, 0.2) is 0 Å². The maximum absolute atomic E-state index is 11.7. The molecule has 0 saturated carbocycles. The lowest BCUT2D eigenvalue weighted by Gasteiger charge is -2.25. The number of aromatic nitrogens is 2.